The monoisotopic (exact) mass is 290 g/mol. The average molecular weight is 291 g/mol. The molecule has 2 N–H and O–H groups in total. The first kappa shape index (κ1) is 14.3. The van der Waals surface area contributed by atoms with Crippen molar-refractivity contribution in [1.82, 2.24) is 4.98 Å². The molecule has 5 heteroatoms. The van der Waals surface area contributed by atoms with Crippen molar-refractivity contribution in [3.05, 3.63) is 52.7 Å². The van der Waals surface area contributed by atoms with Gasteiger partial charge in [-0.2, -0.15) is 0 Å². The maximum Gasteiger partial charge on any atom is 0.335 e. The van der Waals surface area contributed by atoms with Crippen LogP contribution in [-0.2, 0) is 0 Å². The maximum atomic E-state index is 11.2. The Morgan fingerprint density at radius 2 is 1.90 bits per heavy atom. The minimum atomic E-state index is -0.964. The summed E-state index contributed by atoms with van der Waals surface area (Å²) in [5.74, 6) is -0.301. The van der Waals surface area contributed by atoms with Crippen LogP contribution in [0, 0.1) is 0 Å². The Bertz CT molecular complexity index is 624. The third-order valence-electron chi connectivity index (χ3n) is 2.80. The fourth-order valence-corrected chi connectivity index (χ4v) is 1.84. The Morgan fingerprint density at radius 3 is 2.45 bits per heavy atom. The molecule has 0 unspecified atom stereocenters. The summed E-state index contributed by atoms with van der Waals surface area (Å²) < 4.78 is 0. The molecule has 20 heavy (non-hydrogen) atoms. The largest absolute Gasteiger partial charge is 0.478 e. The summed E-state index contributed by atoms with van der Waals surface area (Å²) in [7, 11) is 0. The van der Waals surface area contributed by atoms with Crippen LogP contribution >= 0.6 is 11.6 Å². The Labute approximate surface area is 122 Å². The molecule has 0 radical (unpaired) electrons. The van der Waals surface area contributed by atoms with Gasteiger partial charge in [-0.3, -0.25) is 0 Å². The van der Waals surface area contributed by atoms with Crippen molar-refractivity contribution >= 4 is 29.1 Å². The molecule has 1 heterocycles. The van der Waals surface area contributed by atoms with E-state index in [1.165, 1.54) is 6.07 Å². The number of benzene rings is 1. The highest BCUT2D eigenvalue weighted by Gasteiger charge is 2.11. The number of aromatic nitrogens is 1. The topological polar surface area (TPSA) is 62.2 Å². The van der Waals surface area contributed by atoms with Crippen LogP contribution in [-0.4, -0.2) is 16.1 Å². The van der Waals surface area contributed by atoms with Crippen molar-refractivity contribution in [3.63, 3.8) is 0 Å². The molecule has 104 valence electrons. The fraction of sp³-hybridized carbons (Fsp3) is 0.200. The number of hydrogen-bond donors (Lipinski definition) is 2. The van der Waals surface area contributed by atoms with Gasteiger partial charge >= 0.3 is 5.97 Å². The summed E-state index contributed by atoms with van der Waals surface area (Å²) in [5, 5.41) is 12.9. The lowest BCUT2D eigenvalue weighted by Gasteiger charge is -2.11. The average Bonchev–Trinajstić information content (AvgIpc) is 2.41. The number of carboxylic acids is 1. The van der Waals surface area contributed by atoms with Gasteiger partial charge in [0, 0.05) is 16.4 Å². The van der Waals surface area contributed by atoms with Crippen LogP contribution in [0.25, 0.3) is 0 Å². The predicted octanol–water partition coefficient (Wildman–Crippen LogP) is 4.30. The molecule has 1 aromatic heterocycles. The summed E-state index contributed by atoms with van der Waals surface area (Å²) in [6.07, 6.45) is 0. The van der Waals surface area contributed by atoms with Crippen LogP contribution in [0.4, 0.5) is 11.5 Å². The van der Waals surface area contributed by atoms with Crippen molar-refractivity contribution in [2.24, 2.45) is 0 Å². The van der Waals surface area contributed by atoms with Crippen molar-refractivity contribution in [3.8, 4) is 0 Å². The van der Waals surface area contributed by atoms with Gasteiger partial charge in [-0.1, -0.05) is 25.4 Å². The number of pyridine rings is 1. The zero-order valence-electron chi connectivity index (χ0n) is 11.2. The molecule has 0 saturated heterocycles. The van der Waals surface area contributed by atoms with Crippen LogP contribution in [0.15, 0.2) is 36.4 Å². The summed E-state index contributed by atoms with van der Waals surface area (Å²) in [4.78, 5) is 15.6. The smallest absolute Gasteiger partial charge is 0.335 e. The number of rotatable bonds is 4. The maximum absolute atomic E-state index is 11.2. The van der Waals surface area contributed by atoms with E-state index in [1.807, 2.05) is 26.0 Å². The Balaban J connectivity index is 2.35. The van der Waals surface area contributed by atoms with Crippen LogP contribution < -0.4 is 5.32 Å². The minimum absolute atomic E-state index is 0.153. The fourth-order valence-electron chi connectivity index (χ4n) is 1.72. The van der Waals surface area contributed by atoms with E-state index in [0.717, 1.165) is 11.4 Å². The number of halogens is 1. The number of carbonyl (C=O) groups is 1. The number of anilines is 2. The van der Waals surface area contributed by atoms with Gasteiger partial charge in [-0.15, -0.1) is 0 Å². The molecule has 2 aromatic rings. The molecule has 0 saturated carbocycles. The molecule has 0 bridgehead atoms. The molecule has 0 atom stereocenters. The molecular weight excluding hydrogens is 276 g/mol. The number of aromatic carboxylic acids is 1. The quantitative estimate of drug-likeness (QED) is 0.881. The van der Waals surface area contributed by atoms with E-state index in [1.54, 1.807) is 18.2 Å². The predicted molar refractivity (Wildman–Crippen MR) is 80.0 cm³/mol. The Hall–Kier alpha value is -2.07. The zero-order valence-corrected chi connectivity index (χ0v) is 12.0. The normalized spacial score (nSPS) is 10.6. The number of nitrogens with zero attached hydrogens (tertiary/aromatic N) is 1. The molecule has 1 aromatic carbocycles. The summed E-state index contributed by atoms with van der Waals surface area (Å²) in [5.41, 5.74) is 1.76. The lowest BCUT2D eigenvalue weighted by Crippen LogP contribution is -2.04. The Kier molecular flexibility index (Phi) is 4.25. The second kappa shape index (κ2) is 5.92. The number of hydrogen-bond acceptors (Lipinski definition) is 3. The van der Waals surface area contributed by atoms with Crippen LogP contribution in [0.1, 0.15) is 35.8 Å². The summed E-state index contributed by atoms with van der Waals surface area (Å²) in [6.45, 7) is 3.94. The summed E-state index contributed by atoms with van der Waals surface area (Å²) >= 11 is 5.83. The van der Waals surface area contributed by atoms with E-state index >= 15 is 0 Å². The standard InChI is InChI=1S/C15H15ClN2O2/c1-9(2)13-7-10(15(19)20)8-14(18-13)17-12-5-3-11(16)4-6-12/h3-9H,1-2H3,(H,17,18)(H,19,20). The Morgan fingerprint density at radius 1 is 1.25 bits per heavy atom. The lowest BCUT2D eigenvalue weighted by molar-refractivity contribution is 0.0696. The van der Waals surface area contributed by atoms with E-state index in [2.05, 4.69) is 10.3 Å². The highest BCUT2D eigenvalue weighted by Crippen LogP contribution is 2.22. The van der Waals surface area contributed by atoms with Gasteiger partial charge in [0.25, 0.3) is 0 Å². The molecule has 4 nitrogen and oxygen atoms in total. The second-order valence-corrected chi connectivity index (χ2v) is 5.19. The van der Waals surface area contributed by atoms with Crippen molar-refractivity contribution < 1.29 is 9.90 Å². The number of carboxylic acid groups (broad SMARTS) is 1. The molecule has 2 rings (SSSR count). The van der Waals surface area contributed by atoms with Gasteiger partial charge in [-0.25, -0.2) is 9.78 Å². The minimum Gasteiger partial charge on any atom is -0.478 e. The van der Waals surface area contributed by atoms with Crippen molar-refractivity contribution in [2.45, 2.75) is 19.8 Å². The van der Waals surface area contributed by atoms with Gasteiger partial charge in [0.05, 0.1) is 5.56 Å². The first-order valence-corrected chi connectivity index (χ1v) is 6.61. The second-order valence-electron chi connectivity index (χ2n) is 4.76. The molecule has 0 aliphatic rings. The zero-order chi connectivity index (χ0) is 14.7. The summed E-state index contributed by atoms with van der Waals surface area (Å²) in [6, 6.07) is 10.3. The molecule has 0 aliphatic heterocycles. The van der Waals surface area contributed by atoms with E-state index in [0.29, 0.717) is 10.8 Å². The first-order chi connectivity index (χ1) is 9.45. The first-order valence-electron chi connectivity index (χ1n) is 6.23. The molecule has 0 spiro atoms. The van der Waals surface area contributed by atoms with Crippen molar-refractivity contribution in [2.75, 3.05) is 5.32 Å². The highest BCUT2D eigenvalue weighted by molar-refractivity contribution is 6.30. The van der Waals surface area contributed by atoms with E-state index in [9.17, 15) is 4.79 Å². The van der Waals surface area contributed by atoms with Crippen LogP contribution in [0.3, 0.4) is 0 Å². The van der Waals surface area contributed by atoms with E-state index in [4.69, 9.17) is 16.7 Å². The van der Waals surface area contributed by atoms with Gasteiger partial charge in [0.15, 0.2) is 0 Å². The van der Waals surface area contributed by atoms with Crippen LogP contribution in [0.5, 0.6) is 0 Å². The molecule has 0 fully saturated rings. The SMILES string of the molecule is CC(C)c1cc(C(=O)O)cc(Nc2ccc(Cl)cc2)n1. The molecule has 0 aliphatic carbocycles. The van der Waals surface area contributed by atoms with Crippen molar-refractivity contribution in [1.29, 1.82) is 0 Å². The number of nitrogens with one attached hydrogen (secondary N) is 1. The third kappa shape index (κ3) is 3.48. The van der Waals surface area contributed by atoms with Gasteiger partial charge < -0.3 is 10.4 Å². The third-order valence-corrected chi connectivity index (χ3v) is 3.05. The van der Waals surface area contributed by atoms with Gasteiger partial charge in [0.2, 0.25) is 0 Å². The molecule has 0 amide bonds. The van der Waals surface area contributed by atoms with Crippen LogP contribution in [0.2, 0.25) is 5.02 Å². The van der Waals surface area contributed by atoms with Gasteiger partial charge in [-0.05, 0) is 42.3 Å². The van der Waals surface area contributed by atoms with Gasteiger partial charge in [0.1, 0.15) is 5.82 Å². The lowest BCUT2D eigenvalue weighted by atomic mass is 10.1. The molecular formula is C15H15ClN2O2. The highest BCUT2D eigenvalue weighted by atomic mass is 35.5. The van der Waals surface area contributed by atoms with E-state index in [-0.39, 0.29) is 11.5 Å². The van der Waals surface area contributed by atoms with E-state index < -0.39 is 5.97 Å².